The Bertz CT molecular complexity index is 1060. The van der Waals surface area contributed by atoms with E-state index < -0.39 is 18.1 Å². The van der Waals surface area contributed by atoms with Gasteiger partial charge in [0.25, 0.3) is 5.56 Å². The number of halogens is 3. The van der Waals surface area contributed by atoms with Crippen LogP contribution in [-0.2, 0) is 17.9 Å². The summed E-state index contributed by atoms with van der Waals surface area (Å²) in [4.78, 5) is 27.9. The Hall–Kier alpha value is -3.33. The molecule has 0 saturated heterocycles. The third kappa shape index (κ3) is 5.82. The molecule has 10 heteroatoms. The lowest BCUT2D eigenvalue weighted by Crippen LogP contribution is -2.33. The topological polar surface area (TPSA) is 86.1 Å². The molecule has 0 aliphatic heterocycles. The fourth-order valence-electron chi connectivity index (χ4n) is 2.45. The summed E-state index contributed by atoms with van der Waals surface area (Å²) >= 11 is 5.90. The molecule has 150 valence electrons. The van der Waals surface area contributed by atoms with Gasteiger partial charge in [-0.1, -0.05) is 23.7 Å². The fraction of sp³-hybridized carbons (Fsp3) is 0.158. The van der Waals surface area contributed by atoms with Crippen molar-refractivity contribution >= 4 is 17.5 Å². The summed E-state index contributed by atoms with van der Waals surface area (Å²) in [5.41, 5.74) is 1.18. The zero-order chi connectivity index (χ0) is 20.8. The number of hydrogen-bond donors (Lipinski definition) is 1. The highest BCUT2D eigenvalue weighted by atomic mass is 35.5. The lowest BCUT2D eigenvalue weighted by atomic mass is 10.2. The number of amides is 1. The molecule has 1 N–H and O–H groups in total. The fourth-order valence-corrected chi connectivity index (χ4v) is 2.66. The van der Waals surface area contributed by atoms with E-state index in [9.17, 15) is 18.4 Å². The minimum atomic E-state index is -2.97. The van der Waals surface area contributed by atoms with Crippen LogP contribution in [0.4, 0.5) is 8.78 Å². The molecule has 0 saturated carbocycles. The predicted octanol–water partition coefficient (Wildman–Crippen LogP) is 2.88. The standard InChI is InChI=1S/C19H15ClF2N4O3/c20-14-3-1-2-12(8-14)9-23-16(27)11-26-18(28)7-5-15(25-26)13-4-6-17(24-10-13)29-19(21)22/h1-8,10,19H,9,11H2,(H,23,27). The zero-order valence-electron chi connectivity index (χ0n) is 14.9. The smallest absolute Gasteiger partial charge is 0.388 e. The molecule has 0 aliphatic carbocycles. The molecule has 0 atom stereocenters. The molecule has 0 unspecified atom stereocenters. The summed E-state index contributed by atoms with van der Waals surface area (Å²) in [6, 6.07) is 12.5. The van der Waals surface area contributed by atoms with Gasteiger partial charge in [0.05, 0.1) is 5.69 Å². The molecule has 0 fully saturated rings. The monoisotopic (exact) mass is 420 g/mol. The second-order valence-electron chi connectivity index (χ2n) is 5.88. The normalized spacial score (nSPS) is 10.8. The van der Waals surface area contributed by atoms with E-state index in [0.717, 1.165) is 10.2 Å². The van der Waals surface area contributed by atoms with E-state index in [0.29, 0.717) is 16.3 Å². The Kier molecular flexibility index (Phi) is 6.50. The molecule has 3 rings (SSSR count). The van der Waals surface area contributed by atoms with Crippen LogP contribution in [0.1, 0.15) is 5.56 Å². The van der Waals surface area contributed by atoms with Crippen molar-refractivity contribution in [1.29, 1.82) is 0 Å². The van der Waals surface area contributed by atoms with Gasteiger partial charge in [-0.3, -0.25) is 9.59 Å². The second-order valence-corrected chi connectivity index (χ2v) is 6.32. The van der Waals surface area contributed by atoms with Crippen molar-refractivity contribution in [3.63, 3.8) is 0 Å². The van der Waals surface area contributed by atoms with Gasteiger partial charge in [0.1, 0.15) is 6.54 Å². The second kappa shape index (κ2) is 9.24. The molecule has 0 radical (unpaired) electrons. The van der Waals surface area contributed by atoms with Crippen molar-refractivity contribution in [2.24, 2.45) is 0 Å². The molecular weight excluding hydrogens is 406 g/mol. The van der Waals surface area contributed by atoms with Gasteiger partial charge in [-0.05, 0) is 29.8 Å². The number of ether oxygens (including phenoxy) is 1. The van der Waals surface area contributed by atoms with Crippen LogP contribution >= 0.6 is 11.6 Å². The summed E-state index contributed by atoms with van der Waals surface area (Å²) in [5.74, 6) is -0.645. The largest absolute Gasteiger partial charge is 0.417 e. The van der Waals surface area contributed by atoms with Crippen LogP contribution < -0.4 is 15.6 Å². The number of pyridine rings is 1. The lowest BCUT2D eigenvalue weighted by molar-refractivity contribution is -0.122. The van der Waals surface area contributed by atoms with Gasteiger partial charge in [0.15, 0.2) is 0 Å². The third-order valence-corrected chi connectivity index (χ3v) is 4.02. The highest BCUT2D eigenvalue weighted by Gasteiger charge is 2.10. The van der Waals surface area contributed by atoms with Crippen molar-refractivity contribution in [3.05, 3.63) is 75.7 Å². The first-order valence-electron chi connectivity index (χ1n) is 8.41. The molecule has 7 nitrogen and oxygen atoms in total. The Labute approximate surface area is 168 Å². The van der Waals surface area contributed by atoms with Crippen molar-refractivity contribution in [2.45, 2.75) is 19.7 Å². The van der Waals surface area contributed by atoms with Gasteiger partial charge in [-0.25, -0.2) is 9.67 Å². The number of aromatic nitrogens is 3. The average Bonchev–Trinajstić information content (AvgIpc) is 2.68. The summed E-state index contributed by atoms with van der Waals surface area (Å²) in [5, 5.41) is 7.38. The Morgan fingerprint density at radius 1 is 1.21 bits per heavy atom. The number of nitrogens with one attached hydrogen (secondary N) is 1. The predicted molar refractivity (Wildman–Crippen MR) is 102 cm³/mol. The lowest BCUT2D eigenvalue weighted by Gasteiger charge is -2.09. The quantitative estimate of drug-likeness (QED) is 0.635. The van der Waals surface area contributed by atoms with Crippen molar-refractivity contribution in [2.75, 3.05) is 0 Å². The Morgan fingerprint density at radius 2 is 2.03 bits per heavy atom. The number of alkyl halides is 2. The van der Waals surface area contributed by atoms with E-state index in [4.69, 9.17) is 11.6 Å². The SMILES string of the molecule is O=C(Cn1nc(-c2ccc(OC(F)F)nc2)ccc1=O)NCc1cccc(Cl)c1. The highest BCUT2D eigenvalue weighted by molar-refractivity contribution is 6.30. The molecule has 1 amide bonds. The maximum atomic E-state index is 12.2. The Morgan fingerprint density at radius 3 is 2.72 bits per heavy atom. The van der Waals surface area contributed by atoms with E-state index in [1.807, 2.05) is 6.07 Å². The van der Waals surface area contributed by atoms with Crippen LogP contribution in [0, 0.1) is 0 Å². The van der Waals surface area contributed by atoms with Crippen LogP contribution in [0.15, 0.2) is 59.5 Å². The van der Waals surface area contributed by atoms with Gasteiger partial charge >= 0.3 is 6.61 Å². The Balaban J connectivity index is 1.68. The molecule has 0 bridgehead atoms. The van der Waals surface area contributed by atoms with Crippen LogP contribution in [0.5, 0.6) is 5.88 Å². The van der Waals surface area contributed by atoms with Crippen LogP contribution in [0.2, 0.25) is 5.02 Å². The van der Waals surface area contributed by atoms with Gasteiger partial charge in [0.2, 0.25) is 11.8 Å². The van der Waals surface area contributed by atoms with Gasteiger partial charge in [-0.15, -0.1) is 0 Å². The van der Waals surface area contributed by atoms with E-state index in [2.05, 4.69) is 20.1 Å². The third-order valence-electron chi connectivity index (χ3n) is 3.78. The molecule has 1 aromatic carbocycles. The van der Waals surface area contributed by atoms with E-state index in [1.165, 1.54) is 30.5 Å². The maximum Gasteiger partial charge on any atom is 0.388 e. The summed E-state index contributed by atoms with van der Waals surface area (Å²) in [7, 11) is 0. The van der Waals surface area contributed by atoms with E-state index in [1.54, 1.807) is 18.2 Å². The molecule has 2 heterocycles. The van der Waals surface area contributed by atoms with Gasteiger partial charge in [-0.2, -0.15) is 13.9 Å². The van der Waals surface area contributed by atoms with Crippen molar-refractivity contribution in [3.8, 4) is 17.1 Å². The zero-order valence-corrected chi connectivity index (χ0v) is 15.6. The number of nitrogens with zero attached hydrogens (tertiary/aromatic N) is 3. The van der Waals surface area contributed by atoms with Crippen molar-refractivity contribution < 1.29 is 18.3 Å². The van der Waals surface area contributed by atoms with E-state index in [-0.39, 0.29) is 19.0 Å². The van der Waals surface area contributed by atoms with Crippen molar-refractivity contribution in [1.82, 2.24) is 20.1 Å². The average molecular weight is 421 g/mol. The minimum absolute atomic E-state index is 0.238. The van der Waals surface area contributed by atoms with Crippen LogP contribution in [0.25, 0.3) is 11.3 Å². The molecule has 0 spiro atoms. The van der Waals surface area contributed by atoms with Gasteiger partial charge < -0.3 is 10.1 Å². The van der Waals surface area contributed by atoms with Crippen LogP contribution in [0.3, 0.4) is 0 Å². The molecule has 2 aromatic heterocycles. The summed E-state index contributed by atoms with van der Waals surface area (Å²) < 4.78 is 29.6. The number of carbonyl (C=O) groups excluding carboxylic acids is 1. The maximum absolute atomic E-state index is 12.2. The molecular formula is C19H15ClF2N4O3. The number of carbonyl (C=O) groups is 1. The van der Waals surface area contributed by atoms with Crippen LogP contribution in [-0.4, -0.2) is 27.3 Å². The first kappa shape index (κ1) is 20.4. The summed E-state index contributed by atoms with van der Waals surface area (Å²) in [6.07, 6.45) is 1.29. The molecule has 3 aromatic rings. The first-order valence-corrected chi connectivity index (χ1v) is 8.79. The molecule has 0 aliphatic rings. The number of hydrogen-bond acceptors (Lipinski definition) is 5. The number of benzene rings is 1. The highest BCUT2D eigenvalue weighted by Crippen LogP contribution is 2.18. The minimum Gasteiger partial charge on any atom is -0.417 e. The number of rotatable bonds is 7. The van der Waals surface area contributed by atoms with Gasteiger partial charge in [0, 0.05) is 35.5 Å². The molecule has 29 heavy (non-hydrogen) atoms. The first-order chi connectivity index (χ1) is 13.9. The summed E-state index contributed by atoms with van der Waals surface area (Å²) in [6.45, 7) is -3.00. The van der Waals surface area contributed by atoms with E-state index >= 15 is 0 Å².